The number of H-pyrrole nitrogens is 2. The van der Waals surface area contributed by atoms with Crippen LogP contribution in [0, 0.1) is 0 Å². The van der Waals surface area contributed by atoms with E-state index in [2.05, 4.69) is 56.1 Å². The molecule has 4 N–H and O–H groups in total. The molecule has 0 saturated carbocycles. The second kappa shape index (κ2) is 18.6. The molecule has 0 fully saturated rings. The fourth-order valence-electron chi connectivity index (χ4n) is 6.27. The van der Waals surface area contributed by atoms with E-state index in [4.69, 9.17) is 0 Å². The molecule has 52 heavy (non-hydrogen) atoms. The molecule has 2 aliphatic carbocycles. The number of hydrogen-bond acceptors (Lipinski definition) is 6. The number of hydrogen-bond donors (Lipinski definition) is 4. The third-order valence-electron chi connectivity index (χ3n) is 8.64. The minimum atomic E-state index is -3.15. The largest absolute Gasteiger partial charge is 0.453 e. The number of benzene rings is 2. The van der Waals surface area contributed by atoms with Gasteiger partial charge in [0.05, 0.1) is 37.8 Å². The van der Waals surface area contributed by atoms with Gasteiger partial charge in [0, 0.05) is 41.3 Å². The number of alkyl halides is 2. The lowest BCUT2D eigenvalue weighted by Gasteiger charge is -2.21. The van der Waals surface area contributed by atoms with Gasteiger partial charge in [-0.3, -0.25) is 4.79 Å². The molecular weight excluding hydrogens is 664 g/mol. The number of nitrogens with zero attached hydrogens (tertiary/aromatic N) is 3. The lowest BCUT2D eigenvalue weighted by atomic mass is 9.87. The summed E-state index contributed by atoms with van der Waals surface area (Å²) in [5.74, 6) is -2.14. The molecule has 0 saturated heterocycles. The average molecular weight is 718 g/mol. The Morgan fingerprint density at radius 1 is 1.00 bits per heavy atom. The first kappa shape index (κ1) is 39.9. The maximum Gasteiger partial charge on any atom is 0.407 e. The Morgan fingerprint density at radius 3 is 2.40 bits per heavy atom. The normalized spacial score (nSPS) is 14.5. The van der Waals surface area contributed by atoms with Crippen molar-refractivity contribution in [2.75, 3.05) is 26.7 Å². The Bertz CT molecular complexity index is 1830. The van der Waals surface area contributed by atoms with E-state index in [1.807, 2.05) is 45.1 Å². The number of imidazole rings is 2. The third-order valence-corrected chi connectivity index (χ3v) is 8.64. The number of fused-ring (bicyclic) bond motifs is 4. The molecule has 280 valence electrons. The zero-order valence-electron chi connectivity index (χ0n) is 31.5. The van der Waals surface area contributed by atoms with Crippen LogP contribution in [-0.4, -0.2) is 63.6 Å². The van der Waals surface area contributed by atoms with Gasteiger partial charge in [-0.1, -0.05) is 78.3 Å². The van der Waals surface area contributed by atoms with Crippen LogP contribution in [0.1, 0.15) is 106 Å². The zero-order chi connectivity index (χ0) is 37.8. The first-order chi connectivity index (χ1) is 25.1. The summed E-state index contributed by atoms with van der Waals surface area (Å²) in [6, 6.07) is 10.6. The number of halogens is 2. The summed E-state index contributed by atoms with van der Waals surface area (Å²) in [4.78, 5) is 41.5. The second-order valence-electron chi connectivity index (χ2n) is 12.6. The highest BCUT2D eigenvalue weighted by Crippen LogP contribution is 2.52. The number of nitrogens with one attached hydrogen (secondary N) is 4. The highest BCUT2D eigenvalue weighted by atomic mass is 19.3. The number of aromatic nitrogens is 4. The van der Waals surface area contributed by atoms with Gasteiger partial charge in [-0.15, -0.1) is 0 Å². The first-order valence-electron chi connectivity index (χ1n) is 18.4. The quantitative estimate of drug-likeness (QED) is 0.109. The van der Waals surface area contributed by atoms with E-state index in [1.54, 1.807) is 35.4 Å². The molecule has 0 bridgehead atoms. The van der Waals surface area contributed by atoms with Crippen LogP contribution in [0.2, 0.25) is 0 Å². The number of alkyl carbamates (subject to hydrolysis) is 1. The summed E-state index contributed by atoms with van der Waals surface area (Å²) >= 11 is 0. The molecular formula is C40H53F2N7O3. The number of allylic oxidation sites excluding steroid dienone is 1. The van der Waals surface area contributed by atoms with E-state index < -0.39 is 12.0 Å². The van der Waals surface area contributed by atoms with Gasteiger partial charge in [-0.2, -0.15) is 8.78 Å². The van der Waals surface area contributed by atoms with Gasteiger partial charge in [-0.25, -0.2) is 14.8 Å². The number of aromatic amines is 2. The molecule has 4 aromatic rings. The molecule has 12 heteroatoms. The highest BCUT2D eigenvalue weighted by molar-refractivity contribution is 5.83. The molecule has 2 aromatic carbocycles. The Hall–Kier alpha value is -4.84. The van der Waals surface area contributed by atoms with Crippen LogP contribution in [0.15, 0.2) is 48.7 Å². The summed E-state index contributed by atoms with van der Waals surface area (Å²) < 4.78 is 36.7. The third kappa shape index (κ3) is 9.14. The van der Waals surface area contributed by atoms with E-state index in [-0.39, 0.29) is 36.0 Å². The Labute approximate surface area is 305 Å². The number of carbonyl (C=O) groups is 2. The second-order valence-corrected chi connectivity index (χ2v) is 12.6. The molecule has 2 aliphatic rings. The molecule has 0 aliphatic heterocycles. The smallest absolute Gasteiger partial charge is 0.407 e. The van der Waals surface area contributed by atoms with Crippen molar-refractivity contribution in [2.24, 2.45) is 0 Å². The molecule has 2 amide bonds. The van der Waals surface area contributed by atoms with Crippen molar-refractivity contribution in [1.29, 1.82) is 0 Å². The van der Waals surface area contributed by atoms with Gasteiger partial charge in [0.15, 0.2) is 0 Å². The standard InChI is InChI=1S/C35H39F2N7O3.C3H8.C2H6/c1-4-12-38-18-31-39-17-30(43-31)23-7-10-25-24-9-6-21(14-26(24)35(36,37)27(25)15-23)22-8-11-28-29(16-22)42-32(41-28)20-44(13-5-2)33(45)19-40-34(46)47-3;1-3-2;1-2/h6-11,14-15,17,22,38H,4-5,12-13,16,18-20H2,1-3H3,(H,39,43)(H,40,46)(H,41,42);3H2,1-2H3;1-2H3. The molecule has 0 spiro atoms. The minimum absolute atomic E-state index is 0.00458. The summed E-state index contributed by atoms with van der Waals surface area (Å²) in [5.41, 5.74) is 4.90. The van der Waals surface area contributed by atoms with Gasteiger partial charge in [0.1, 0.15) is 18.2 Å². The topological polar surface area (TPSA) is 128 Å². The summed E-state index contributed by atoms with van der Waals surface area (Å²) in [6.07, 6.45) is 8.47. The predicted molar refractivity (Wildman–Crippen MR) is 202 cm³/mol. The Balaban J connectivity index is 0.00000115. The Kier molecular flexibility index (Phi) is 14.3. The first-order valence-corrected chi connectivity index (χ1v) is 18.4. The maximum absolute atomic E-state index is 16.1. The van der Waals surface area contributed by atoms with Crippen molar-refractivity contribution in [2.45, 2.75) is 92.2 Å². The van der Waals surface area contributed by atoms with Gasteiger partial charge < -0.3 is 30.2 Å². The van der Waals surface area contributed by atoms with Gasteiger partial charge in [0.2, 0.25) is 5.91 Å². The number of amides is 2. The van der Waals surface area contributed by atoms with Crippen LogP contribution >= 0.6 is 0 Å². The van der Waals surface area contributed by atoms with Crippen molar-refractivity contribution in [3.8, 4) is 22.4 Å². The number of methoxy groups -OCH3 is 1. The van der Waals surface area contributed by atoms with E-state index in [0.717, 1.165) is 42.2 Å². The predicted octanol–water partition coefficient (Wildman–Crippen LogP) is 8.31. The minimum Gasteiger partial charge on any atom is -0.453 e. The maximum atomic E-state index is 16.1. The number of rotatable bonds is 12. The van der Waals surface area contributed by atoms with Crippen molar-refractivity contribution >= 4 is 18.1 Å². The van der Waals surface area contributed by atoms with Crippen LogP contribution in [0.4, 0.5) is 13.6 Å². The lowest BCUT2D eigenvalue weighted by molar-refractivity contribution is -0.130. The monoisotopic (exact) mass is 717 g/mol. The molecule has 1 unspecified atom stereocenters. The molecule has 10 nitrogen and oxygen atoms in total. The molecule has 2 aromatic heterocycles. The summed E-state index contributed by atoms with van der Waals surface area (Å²) in [6.45, 7) is 14.3. The van der Waals surface area contributed by atoms with Crippen LogP contribution in [0.3, 0.4) is 0 Å². The zero-order valence-corrected chi connectivity index (χ0v) is 31.5. The number of carbonyl (C=O) groups excluding carboxylic acids is 2. The van der Waals surface area contributed by atoms with Crippen molar-refractivity contribution in [3.05, 3.63) is 88.4 Å². The molecule has 1 atom stereocenters. The molecule has 6 rings (SSSR count). The van der Waals surface area contributed by atoms with Crippen LogP contribution in [0.5, 0.6) is 0 Å². The fraction of sp³-hybridized carbons (Fsp3) is 0.450. The average Bonchev–Trinajstić information content (AvgIpc) is 3.85. The molecule has 0 radical (unpaired) electrons. The molecule has 2 heterocycles. The van der Waals surface area contributed by atoms with Crippen molar-refractivity contribution < 1.29 is 23.1 Å². The van der Waals surface area contributed by atoms with Crippen molar-refractivity contribution in [3.63, 3.8) is 0 Å². The summed E-state index contributed by atoms with van der Waals surface area (Å²) in [5, 5.41) is 5.72. The summed E-state index contributed by atoms with van der Waals surface area (Å²) in [7, 11) is 1.24. The Morgan fingerprint density at radius 2 is 1.71 bits per heavy atom. The van der Waals surface area contributed by atoms with Crippen LogP contribution in [0.25, 0.3) is 28.5 Å². The van der Waals surface area contributed by atoms with Gasteiger partial charge >= 0.3 is 6.09 Å². The van der Waals surface area contributed by atoms with Gasteiger partial charge in [0.25, 0.3) is 5.92 Å². The SMILES string of the molecule is CC.CCC.CCCNCc1ncc(-c2ccc3c(c2)C(F)(F)c2cc(C4C=Cc5nc(CN(CCC)C(=O)CNC(=O)OC)[nH]c5C4)ccc2-3)[nH]1. The van der Waals surface area contributed by atoms with Crippen LogP contribution < -0.4 is 10.6 Å². The van der Waals surface area contributed by atoms with Gasteiger partial charge in [-0.05, 0) is 54.3 Å². The van der Waals surface area contributed by atoms with E-state index in [1.165, 1.54) is 13.5 Å². The van der Waals surface area contributed by atoms with E-state index in [9.17, 15) is 9.59 Å². The van der Waals surface area contributed by atoms with E-state index >= 15 is 8.78 Å². The fourth-order valence-corrected chi connectivity index (χ4v) is 6.27. The van der Waals surface area contributed by atoms with E-state index in [0.29, 0.717) is 47.7 Å². The lowest BCUT2D eigenvalue weighted by Crippen LogP contribution is -2.40. The number of ether oxygens (including phenoxy) is 1. The van der Waals surface area contributed by atoms with Crippen molar-refractivity contribution in [1.82, 2.24) is 35.5 Å². The highest BCUT2D eigenvalue weighted by Gasteiger charge is 2.45. The van der Waals surface area contributed by atoms with Crippen LogP contribution in [-0.2, 0) is 35.0 Å².